The average molecular weight is 1060 g/mol. The van der Waals surface area contributed by atoms with E-state index in [1.807, 2.05) is 0 Å². The number of hydrogen-bond donors (Lipinski definition) is 0. The van der Waals surface area contributed by atoms with E-state index in [1.165, 1.54) is 212 Å². The predicted octanol–water partition coefficient (Wildman–Crippen LogP) is 22.7. The lowest BCUT2D eigenvalue weighted by Gasteiger charge is -2.18. The van der Waals surface area contributed by atoms with Gasteiger partial charge in [0.2, 0.25) is 0 Å². The number of carbonyl (C=O) groups is 3. The van der Waals surface area contributed by atoms with Crippen LogP contribution in [0, 0.1) is 0 Å². The number of unbranched alkanes of at least 4 members (excludes halogenated alkanes) is 40. The Kier molecular flexibility index (Phi) is 62.2. The van der Waals surface area contributed by atoms with Crippen molar-refractivity contribution in [2.75, 3.05) is 13.2 Å². The van der Waals surface area contributed by atoms with Crippen LogP contribution in [0.4, 0.5) is 0 Å². The highest BCUT2D eigenvalue weighted by Crippen LogP contribution is 2.18. The molecule has 0 spiro atoms. The van der Waals surface area contributed by atoms with Crippen molar-refractivity contribution in [2.24, 2.45) is 0 Å². The van der Waals surface area contributed by atoms with Crippen molar-refractivity contribution in [1.29, 1.82) is 0 Å². The Balaban J connectivity index is 4.31. The Labute approximate surface area is 472 Å². The molecule has 442 valence electrons. The van der Waals surface area contributed by atoms with Crippen LogP contribution in [0.25, 0.3) is 0 Å². The van der Waals surface area contributed by atoms with Crippen LogP contribution < -0.4 is 0 Å². The number of allylic oxidation sites excluding steroid dienone is 10. The molecule has 0 aliphatic heterocycles. The number of ether oxygens (including phenoxy) is 3. The zero-order chi connectivity index (χ0) is 55.0. The first-order valence-corrected chi connectivity index (χ1v) is 33.3. The maximum absolute atomic E-state index is 12.9. The van der Waals surface area contributed by atoms with Gasteiger partial charge in [-0.3, -0.25) is 14.4 Å². The van der Waals surface area contributed by atoms with E-state index in [0.717, 1.165) is 96.3 Å². The van der Waals surface area contributed by atoms with Crippen LogP contribution in [0.1, 0.15) is 348 Å². The summed E-state index contributed by atoms with van der Waals surface area (Å²) in [7, 11) is 0. The molecule has 0 N–H and O–H groups in total. The third kappa shape index (κ3) is 62.0. The van der Waals surface area contributed by atoms with E-state index in [9.17, 15) is 14.4 Å². The summed E-state index contributed by atoms with van der Waals surface area (Å²) in [5.74, 6) is -0.852. The normalized spacial score (nSPS) is 12.4. The summed E-state index contributed by atoms with van der Waals surface area (Å²) >= 11 is 0. The lowest BCUT2D eigenvalue weighted by Crippen LogP contribution is -2.30. The Hall–Kier alpha value is -2.89. The van der Waals surface area contributed by atoms with Crippen LogP contribution in [-0.4, -0.2) is 37.2 Å². The van der Waals surface area contributed by atoms with Gasteiger partial charge in [-0.05, 0) is 64.2 Å². The van der Waals surface area contributed by atoms with Crippen molar-refractivity contribution in [1.82, 2.24) is 0 Å². The summed E-state index contributed by atoms with van der Waals surface area (Å²) in [5.41, 5.74) is 0. The molecule has 1 unspecified atom stereocenters. The number of esters is 3. The van der Waals surface area contributed by atoms with Crippen LogP contribution in [0.5, 0.6) is 0 Å². The highest BCUT2D eigenvalue weighted by atomic mass is 16.6. The molecule has 0 fully saturated rings. The van der Waals surface area contributed by atoms with Crippen LogP contribution in [0.15, 0.2) is 60.8 Å². The van der Waals surface area contributed by atoms with E-state index in [1.54, 1.807) is 0 Å². The fourth-order valence-corrected chi connectivity index (χ4v) is 9.83. The van der Waals surface area contributed by atoms with Crippen molar-refractivity contribution in [3.8, 4) is 0 Å². The molecule has 0 amide bonds. The molecule has 0 heterocycles. The fourth-order valence-electron chi connectivity index (χ4n) is 9.83. The van der Waals surface area contributed by atoms with Crippen molar-refractivity contribution in [2.45, 2.75) is 354 Å². The summed E-state index contributed by atoms with van der Waals surface area (Å²) in [6, 6.07) is 0. The second-order valence-corrected chi connectivity index (χ2v) is 22.4. The average Bonchev–Trinajstić information content (AvgIpc) is 3.42. The predicted molar refractivity (Wildman–Crippen MR) is 330 cm³/mol. The van der Waals surface area contributed by atoms with Crippen LogP contribution in [-0.2, 0) is 28.6 Å². The number of carbonyl (C=O) groups excluding carboxylic acids is 3. The summed E-state index contributed by atoms with van der Waals surface area (Å²) < 4.78 is 17.0. The SMILES string of the molecule is CC/C=C\C/C=C\C/C=C\C/C=C\C/C=C\CCCCCCCCCCCC(=O)OCC(COC(=O)CCCCCCCCCCCCCCCCCC)OC(=O)CCCCCCCCCCCCCCCCCCC. The Morgan fingerprint density at radius 1 is 0.276 bits per heavy atom. The lowest BCUT2D eigenvalue weighted by molar-refractivity contribution is -0.167. The van der Waals surface area contributed by atoms with Gasteiger partial charge in [-0.25, -0.2) is 0 Å². The Bertz CT molecular complexity index is 1360. The highest BCUT2D eigenvalue weighted by Gasteiger charge is 2.19. The van der Waals surface area contributed by atoms with Gasteiger partial charge in [0.05, 0.1) is 0 Å². The minimum atomic E-state index is -0.774. The lowest BCUT2D eigenvalue weighted by atomic mass is 10.0. The van der Waals surface area contributed by atoms with Crippen molar-refractivity contribution < 1.29 is 28.6 Å². The quantitative estimate of drug-likeness (QED) is 0.0261. The van der Waals surface area contributed by atoms with E-state index in [-0.39, 0.29) is 31.1 Å². The number of rotatable bonds is 61. The number of hydrogen-bond acceptors (Lipinski definition) is 6. The molecular weight excluding hydrogens is 937 g/mol. The maximum Gasteiger partial charge on any atom is 0.306 e. The molecule has 76 heavy (non-hydrogen) atoms. The van der Waals surface area contributed by atoms with Crippen LogP contribution in [0.2, 0.25) is 0 Å². The van der Waals surface area contributed by atoms with Crippen molar-refractivity contribution in [3.63, 3.8) is 0 Å². The summed E-state index contributed by atoms with van der Waals surface area (Å²) in [6.45, 7) is 6.58. The van der Waals surface area contributed by atoms with Crippen molar-refractivity contribution >= 4 is 17.9 Å². The molecule has 0 radical (unpaired) electrons. The van der Waals surface area contributed by atoms with Gasteiger partial charge in [0.15, 0.2) is 6.10 Å². The molecule has 6 heteroatoms. The third-order valence-electron chi connectivity index (χ3n) is 14.8. The monoisotopic (exact) mass is 1060 g/mol. The van der Waals surface area contributed by atoms with Crippen LogP contribution in [0.3, 0.4) is 0 Å². The molecule has 0 aliphatic carbocycles. The van der Waals surface area contributed by atoms with E-state index in [4.69, 9.17) is 14.2 Å². The summed E-state index contributed by atoms with van der Waals surface area (Å²) in [5, 5.41) is 0. The molecular formula is C70H126O6. The van der Waals surface area contributed by atoms with Gasteiger partial charge in [-0.15, -0.1) is 0 Å². The van der Waals surface area contributed by atoms with Gasteiger partial charge in [-0.1, -0.05) is 326 Å². The molecule has 0 saturated heterocycles. The van der Waals surface area contributed by atoms with E-state index in [2.05, 4.69) is 81.5 Å². The zero-order valence-corrected chi connectivity index (χ0v) is 50.8. The summed E-state index contributed by atoms with van der Waals surface area (Å²) in [4.78, 5) is 38.4. The van der Waals surface area contributed by atoms with Gasteiger partial charge < -0.3 is 14.2 Å². The highest BCUT2D eigenvalue weighted by molar-refractivity contribution is 5.71. The van der Waals surface area contributed by atoms with E-state index in [0.29, 0.717) is 19.3 Å². The molecule has 0 rings (SSSR count). The van der Waals surface area contributed by atoms with Gasteiger partial charge in [0.1, 0.15) is 13.2 Å². The second-order valence-electron chi connectivity index (χ2n) is 22.4. The molecule has 0 aromatic rings. The molecule has 0 saturated carbocycles. The topological polar surface area (TPSA) is 78.9 Å². The first-order chi connectivity index (χ1) is 37.5. The second kappa shape index (κ2) is 64.6. The van der Waals surface area contributed by atoms with Crippen LogP contribution >= 0.6 is 0 Å². The van der Waals surface area contributed by atoms with E-state index < -0.39 is 6.10 Å². The molecule has 0 aromatic heterocycles. The largest absolute Gasteiger partial charge is 0.462 e. The first-order valence-electron chi connectivity index (χ1n) is 33.3. The van der Waals surface area contributed by atoms with Gasteiger partial charge in [-0.2, -0.15) is 0 Å². The summed E-state index contributed by atoms with van der Waals surface area (Å²) in [6.07, 6.45) is 82.2. The molecule has 0 aliphatic rings. The van der Waals surface area contributed by atoms with E-state index >= 15 is 0 Å². The molecule has 6 nitrogen and oxygen atoms in total. The third-order valence-corrected chi connectivity index (χ3v) is 14.8. The van der Waals surface area contributed by atoms with Crippen molar-refractivity contribution in [3.05, 3.63) is 60.8 Å². The maximum atomic E-state index is 12.9. The minimum absolute atomic E-state index is 0.0703. The standard InChI is InChI=1S/C70H126O6/c1-4-7-10-13-16-19-22-25-28-31-32-33-34-35-36-37-38-40-42-45-48-51-54-57-60-63-69(72)75-66-67(65-74-68(71)62-59-56-53-50-47-44-41-30-27-24-21-18-15-12-9-6-3)76-70(73)64-61-58-55-52-49-46-43-39-29-26-23-20-17-14-11-8-5-2/h7,10,16,19,25,28,32-33,35-36,67H,4-6,8-9,11-15,17-18,20-24,26-27,29-31,34,37-66H2,1-3H3/b10-7-,19-16-,28-25-,33-32-,36-35-. The smallest absolute Gasteiger partial charge is 0.306 e. The minimum Gasteiger partial charge on any atom is -0.462 e. The molecule has 1 atom stereocenters. The molecule has 0 aromatic carbocycles. The first kappa shape index (κ1) is 73.1. The fraction of sp³-hybridized carbons (Fsp3) is 0.814. The van der Waals surface area contributed by atoms with Gasteiger partial charge >= 0.3 is 17.9 Å². The molecule has 0 bridgehead atoms. The van der Waals surface area contributed by atoms with Gasteiger partial charge in [0, 0.05) is 19.3 Å². The van der Waals surface area contributed by atoms with Gasteiger partial charge in [0.25, 0.3) is 0 Å². The zero-order valence-electron chi connectivity index (χ0n) is 50.8. The Morgan fingerprint density at radius 2 is 0.513 bits per heavy atom. The Morgan fingerprint density at radius 3 is 0.803 bits per heavy atom.